The molecule has 27 heavy (non-hydrogen) atoms. The van der Waals surface area contributed by atoms with Gasteiger partial charge in [0.2, 0.25) is 0 Å². The van der Waals surface area contributed by atoms with Gasteiger partial charge in [-0.3, -0.25) is 9.79 Å². The van der Waals surface area contributed by atoms with Crippen molar-refractivity contribution in [3.05, 3.63) is 35.4 Å². The predicted molar refractivity (Wildman–Crippen MR) is 118 cm³/mol. The number of benzene rings is 1. The molecule has 0 aromatic heterocycles. The van der Waals surface area contributed by atoms with Crippen molar-refractivity contribution in [3.63, 3.8) is 0 Å². The van der Waals surface area contributed by atoms with Crippen molar-refractivity contribution in [2.45, 2.75) is 31.9 Å². The number of amides is 1. The van der Waals surface area contributed by atoms with Crippen molar-refractivity contribution in [2.24, 2.45) is 4.99 Å². The smallest absolute Gasteiger partial charge is 0.251 e. The molecular weight excluding hydrogens is 459 g/mol. The average molecular weight is 490 g/mol. The van der Waals surface area contributed by atoms with E-state index >= 15 is 0 Å². The summed E-state index contributed by atoms with van der Waals surface area (Å²) in [5, 5.41) is 9.15. The zero-order chi connectivity index (χ0) is 18.6. The third-order valence-corrected chi connectivity index (χ3v) is 4.19. The highest BCUT2D eigenvalue weighted by Gasteiger charge is 2.14. The number of carbonyl (C=O) groups is 1. The van der Waals surface area contributed by atoms with Crippen molar-refractivity contribution >= 4 is 35.8 Å². The maximum Gasteiger partial charge on any atom is 0.251 e. The van der Waals surface area contributed by atoms with Gasteiger partial charge >= 0.3 is 0 Å². The molecule has 2 rings (SSSR count). The molecule has 0 bridgehead atoms. The molecule has 0 saturated carbocycles. The summed E-state index contributed by atoms with van der Waals surface area (Å²) in [4.78, 5) is 15.9. The van der Waals surface area contributed by atoms with Crippen LogP contribution in [0.2, 0.25) is 0 Å². The van der Waals surface area contributed by atoms with E-state index in [9.17, 15) is 4.79 Å². The molecule has 1 aromatic carbocycles. The molecule has 0 radical (unpaired) electrons. The molecule has 152 valence electrons. The molecule has 1 aromatic rings. The number of aliphatic imine (C=N–C) groups is 1. The molecule has 1 fully saturated rings. The van der Waals surface area contributed by atoms with Gasteiger partial charge in [-0.2, -0.15) is 0 Å². The van der Waals surface area contributed by atoms with E-state index in [0.717, 1.165) is 43.9 Å². The summed E-state index contributed by atoms with van der Waals surface area (Å²) < 4.78 is 11.2. The Hall–Kier alpha value is -1.39. The van der Waals surface area contributed by atoms with Crippen LogP contribution in [0.15, 0.2) is 29.3 Å². The molecule has 3 N–H and O–H groups in total. The molecular formula is C19H31IN4O3. The second kappa shape index (κ2) is 13.7. The number of nitrogens with one attached hydrogen (secondary N) is 3. The summed E-state index contributed by atoms with van der Waals surface area (Å²) in [5.74, 6) is 0.645. The van der Waals surface area contributed by atoms with Gasteiger partial charge in [-0.25, -0.2) is 0 Å². The SMILES string of the molecule is CN=C(NCCCOCC1CCCO1)NCc1cccc(C(=O)NC)c1.I. The van der Waals surface area contributed by atoms with Crippen LogP contribution in [-0.4, -0.2) is 58.4 Å². The van der Waals surface area contributed by atoms with Crippen LogP contribution >= 0.6 is 24.0 Å². The molecule has 1 heterocycles. The Morgan fingerprint density at radius 2 is 2.22 bits per heavy atom. The number of nitrogens with zero attached hydrogens (tertiary/aromatic N) is 1. The van der Waals surface area contributed by atoms with Crippen LogP contribution < -0.4 is 16.0 Å². The average Bonchev–Trinajstić information content (AvgIpc) is 3.20. The zero-order valence-corrected chi connectivity index (χ0v) is 18.5. The van der Waals surface area contributed by atoms with Gasteiger partial charge in [-0.05, 0) is 37.0 Å². The molecule has 1 saturated heterocycles. The number of carbonyl (C=O) groups excluding carboxylic acids is 1. The summed E-state index contributed by atoms with van der Waals surface area (Å²) in [6.07, 6.45) is 3.43. The highest BCUT2D eigenvalue weighted by atomic mass is 127. The lowest BCUT2D eigenvalue weighted by Gasteiger charge is -2.13. The molecule has 1 aliphatic rings. The van der Waals surface area contributed by atoms with E-state index in [1.165, 1.54) is 0 Å². The number of hydrogen-bond acceptors (Lipinski definition) is 4. The van der Waals surface area contributed by atoms with E-state index in [1.807, 2.05) is 18.2 Å². The van der Waals surface area contributed by atoms with Gasteiger partial charge in [0.1, 0.15) is 0 Å². The Morgan fingerprint density at radius 1 is 1.37 bits per heavy atom. The first-order valence-electron chi connectivity index (χ1n) is 9.18. The van der Waals surface area contributed by atoms with Crippen molar-refractivity contribution in [1.82, 2.24) is 16.0 Å². The molecule has 1 atom stereocenters. The van der Waals surface area contributed by atoms with Crippen molar-refractivity contribution < 1.29 is 14.3 Å². The van der Waals surface area contributed by atoms with Crippen LogP contribution in [0.4, 0.5) is 0 Å². The fourth-order valence-electron chi connectivity index (χ4n) is 2.74. The highest BCUT2D eigenvalue weighted by molar-refractivity contribution is 14.0. The van der Waals surface area contributed by atoms with E-state index in [-0.39, 0.29) is 36.0 Å². The maximum absolute atomic E-state index is 11.7. The van der Waals surface area contributed by atoms with Crippen LogP contribution in [0.1, 0.15) is 35.2 Å². The van der Waals surface area contributed by atoms with E-state index in [4.69, 9.17) is 9.47 Å². The summed E-state index contributed by atoms with van der Waals surface area (Å²) in [5.41, 5.74) is 1.67. The fourth-order valence-corrected chi connectivity index (χ4v) is 2.74. The Labute approximate surface area is 178 Å². The van der Waals surface area contributed by atoms with Crippen LogP contribution in [-0.2, 0) is 16.0 Å². The van der Waals surface area contributed by atoms with Gasteiger partial charge in [-0.1, -0.05) is 12.1 Å². The minimum atomic E-state index is -0.0858. The van der Waals surface area contributed by atoms with E-state index < -0.39 is 0 Å². The lowest BCUT2D eigenvalue weighted by atomic mass is 10.1. The van der Waals surface area contributed by atoms with E-state index in [2.05, 4.69) is 20.9 Å². The third kappa shape index (κ3) is 8.89. The lowest BCUT2D eigenvalue weighted by Crippen LogP contribution is -2.37. The Balaban J connectivity index is 0.00000364. The minimum absolute atomic E-state index is 0. The fraction of sp³-hybridized carbons (Fsp3) is 0.579. The van der Waals surface area contributed by atoms with Crippen LogP contribution in [0.5, 0.6) is 0 Å². The topological polar surface area (TPSA) is 84.0 Å². The maximum atomic E-state index is 11.7. The molecule has 0 spiro atoms. The number of guanidine groups is 1. The summed E-state index contributed by atoms with van der Waals surface area (Å²) in [7, 11) is 3.37. The van der Waals surface area contributed by atoms with E-state index in [0.29, 0.717) is 25.3 Å². The van der Waals surface area contributed by atoms with Gasteiger partial charge in [-0.15, -0.1) is 24.0 Å². The largest absolute Gasteiger partial charge is 0.379 e. The normalized spacial score (nSPS) is 16.5. The Morgan fingerprint density at radius 3 is 2.93 bits per heavy atom. The zero-order valence-electron chi connectivity index (χ0n) is 16.1. The van der Waals surface area contributed by atoms with Crippen LogP contribution in [0.3, 0.4) is 0 Å². The first-order chi connectivity index (χ1) is 12.7. The summed E-state index contributed by atoms with van der Waals surface area (Å²) >= 11 is 0. The monoisotopic (exact) mass is 490 g/mol. The third-order valence-electron chi connectivity index (χ3n) is 4.19. The first-order valence-corrected chi connectivity index (χ1v) is 9.18. The molecule has 1 aliphatic heterocycles. The summed E-state index contributed by atoms with van der Waals surface area (Å²) in [6, 6.07) is 7.53. The van der Waals surface area contributed by atoms with Gasteiger partial charge < -0.3 is 25.4 Å². The molecule has 7 nitrogen and oxygen atoms in total. The molecule has 1 amide bonds. The molecule has 1 unspecified atom stereocenters. The second-order valence-electron chi connectivity index (χ2n) is 6.20. The standard InChI is InChI=1S/C19H30N4O3.HI/c1-20-18(24)16-7-3-6-15(12-16)13-23-19(21-2)22-9-5-10-25-14-17-8-4-11-26-17;/h3,6-7,12,17H,4-5,8-11,13-14H2,1-2H3,(H,20,24)(H2,21,22,23);1H. The van der Waals surface area contributed by atoms with Crippen molar-refractivity contribution in [2.75, 3.05) is 40.5 Å². The minimum Gasteiger partial charge on any atom is -0.379 e. The molecule has 0 aliphatic carbocycles. The number of ether oxygens (including phenoxy) is 2. The first kappa shape index (κ1) is 23.6. The Bertz CT molecular complexity index is 592. The quantitative estimate of drug-likeness (QED) is 0.213. The van der Waals surface area contributed by atoms with Crippen molar-refractivity contribution in [3.8, 4) is 0 Å². The number of halogens is 1. The van der Waals surface area contributed by atoms with Gasteiger partial charge in [0.15, 0.2) is 5.96 Å². The van der Waals surface area contributed by atoms with Gasteiger partial charge in [0.05, 0.1) is 12.7 Å². The second-order valence-corrected chi connectivity index (χ2v) is 6.20. The van der Waals surface area contributed by atoms with Gasteiger partial charge in [0.25, 0.3) is 5.91 Å². The number of rotatable bonds is 9. The highest BCUT2D eigenvalue weighted by Crippen LogP contribution is 2.11. The van der Waals surface area contributed by atoms with Crippen LogP contribution in [0.25, 0.3) is 0 Å². The summed E-state index contributed by atoms with van der Waals surface area (Å²) in [6.45, 7) is 3.64. The predicted octanol–water partition coefficient (Wildman–Crippen LogP) is 1.91. The van der Waals surface area contributed by atoms with Crippen LogP contribution in [0, 0.1) is 0 Å². The Kier molecular flexibility index (Phi) is 12.0. The number of hydrogen-bond donors (Lipinski definition) is 3. The van der Waals surface area contributed by atoms with E-state index in [1.54, 1.807) is 20.2 Å². The van der Waals surface area contributed by atoms with Crippen molar-refractivity contribution in [1.29, 1.82) is 0 Å². The lowest BCUT2D eigenvalue weighted by molar-refractivity contribution is 0.0168. The van der Waals surface area contributed by atoms with Gasteiger partial charge in [0, 0.05) is 46.0 Å². The molecule has 8 heteroatoms.